The zero-order chi connectivity index (χ0) is 8.73. The zero-order valence-electron chi connectivity index (χ0n) is 7.79. The van der Waals surface area contributed by atoms with Crippen LogP contribution >= 0.6 is 0 Å². The average Bonchev–Trinajstić information content (AvgIpc) is 2.47. The van der Waals surface area contributed by atoms with Gasteiger partial charge in [0.15, 0.2) is 0 Å². The van der Waals surface area contributed by atoms with Crippen molar-refractivity contribution in [2.24, 2.45) is 0 Å². The lowest BCUT2D eigenvalue weighted by Gasteiger charge is -2.58. The quantitative estimate of drug-likeness (QED) is 0.743. The van der Waals surface area contributed by atoms with Crippen molar-refractivity contribution in [3.05, 3.63) is 18.2 Å². The van der Waals surface area contributed by atoms with Crippen molar-refractivity contribution in [1.29, 1.82) is 0 Å². The Morgan fingerprint density at radius 2 is 2.38 bits per heavy atom. The van der Waals surface area contributed by atoms with Gasteiger partial charge in [-0.05, 0) is 25.7 Å². The minimum Gasteiger partial charge on any atom is -0.348 e. The van der Waals surface area contributed by atoms with E-state index in [2.05, 4.69) is 14.9 Å². The van der Waals surface area contributed by atoms with E-state index in [0.717, 1.165) is 12.4 Å². The number of aromatic nitrogens is 2. The molecule has 0 amide bonds. The van der Waals surface area contributed by atoms with E-state index in [1.807, 2.05) is 12.4 Å². The summed E-state index contributed by atoms with van der Waals surface area (Å²) in [7, 11) is 0. The molecule has 2 heterocycles. The van der Waals surface area contributed by atoms with Gasteiger partial charge in [-0.3, -0.25) is 4.90 Å². The first-order valence-corrected chi connectivity index (χ1v) is 5.12. The molecule has 70 valence electrons. The SMILES string of the molecule is c1c[nH]c(CN2CCC23CCC3)n1. The summed E-state index contributed by atoms with van der Waals surface area (Å²) in [4.78, 5) is 10.0. The van der Waals surface area contributed by atoms with Gasteiger partial charge in [0, 0.05) is 24.5 Å². The van der Waals surface area contributed by atoms with E-state index < -0.39 is 0 Å². The lowest BCUT2D eigenvalue weighted by molar-refractivity contribution is -0.0802. The van der Waals surface area contributed by atoms with Crippen molar-refractivity contribution in [3.8, 4) is 0 Å². The number of likely N-dealkylation sites (tertiary alicyclic amines) is 1. The van der Waals surface area contributed by atoms with E-state index in [0.29, 0.717) is 5.54 Å². The molecule has 1 saturated heterocycles. The van der Waals surface area contributed by atoms with Crippen molar-refractivity contribution in [1.82, 2.24) is 14.9 Å². The van der Waals surface area contributed by atoms with Gasteiger partial charge in [0.25, 0.3) is 0 Å². The van der Waals surface area contributed by atoms with Gasteiger partial charge < -0.3 is 4.98 Å². The first kappa shape index (κ1) is 7.56. The summed E-state index contributed by atoms with van der Waals surface area (Å²) < 4.78 is 0. The average molecular weight is 177 g/mol. The highest BCUT2D eigenvalue weighted by Gasteiger charge is 2.48. The highest BCUT2D eigenvalue weighted by molar-refractivity contribution is 5.06. The van der Waals surface area contributed by atoms with E-state index in [4.69, 9.17) is 0 Å². The first-order chi connectivity index (χ1) is 6.39. The van der Waals surface area contributed by atoms with E-state index >= 15 is 0 Å². The number of imidazole rings is 1. The normalized spacial score (nSPS) is 25.5. The molecule has 1 N–H and O–H groups in total. The summed E-state index contributed by atoms with van der Waals surface area (Å²) in [5.74, 6) is 1.12. The molecule has 1 saturated carbocycles. The Labute approximate surface area is 78.2 Å². The summed E-state index contributed by atoms with van der Waals surface area (Å²) in [5.41, 5.74) is 0.604. The van der Waals surface area contributed by atoms with Crippen LogP contribution in [-0.4, -0.2) is 27.0 Å². The van der Waals surface area contributed by atoms with E-state index in [1.165, 1.54) is 32.2 Å². The Morgan fingerprint density at radius 3 is 2.85 bits per heavy atom. The summed E-state index contributed by atoms with van der Waals surface area (Å²) in [6, 6.07) is 0. The van der Waals surface area contributed by atoms with Crippen molar-refractivity contribution in [3.63, 3.8) is 0 Å². The van der Waals surface area contributed by atoms with Gasteiger partial charge >= 0.3 is 0 Å². The molecule has 3 rings (SSSR count). The molecule has 1 aromatic heterocycles. The van der Waals surface area contributed by atoms with Crippen LogP contribution < -0.4 is 0 Å². The van der Waals surface area contributed by atoms with Crippen LogP contribution in [0.4, 0.5) is 0 Å². The Balaban J connectivity index is 1.67. The predicted molar refractivity (Wildman–Crippen MR) is 50.2 cm³/mol. The van der Waals surface area contributed by atoms with Crippen molar-refractivity contribution in [2.45, 2.75) is 37.8 Å². The second kappa shape index (κ2) is 2.58. The first-order valence-electron chi connectivity index (χ1n) is 5.12. The standard InChI is InChI=1S/C10H15N3/c1-2-10(3-1)4-7-13(10)8-9-11-5-6-12-9/h5-6H,1-4,7-8H2,(H,11,12). The monoisotopic (exact) mass is 177 g/mol. The van der Waals surface area contributed by atoms with E-state index in [-0.39, 0.29) is 0 Å². The molecule has 0 unspecified atom stereocenters. The van der Waals surface area contributed by atoms with Crippen LogP contribution in [0.25, 0.3) is 0 Å². The van der Waals surface area contributed by atoms with Gasteiger partial charge in [-0.1, -0.05) is 0 Å². The topological polar surface area (TPSA) is 31.9 Å². The number of H-pyrrole nitrogens is 1. The maximum atomic E-state index is 4.26. The van der Waals surface area contributed by atoms with E-state index in [1.54, 1.807) is 0 Å². The van der Waals surface area contributed by atoms with Crippen LogP contribution in [0.1, 0.15) is 31.5 Å². The van der Waals surface area contributed by atoms with Crippen molar-refractivity contribution < 1.29 is 0 Å². The molecule has 0 aromatic carbocycles. The third kappa shape index (κ3) is 1.03. The predicted octanol–water partition coefficient (Wildman–Crippen LogP) is 1.54. The van der Waals surface area contributed by atoms with Gasteiger partial charge in [-0.25, -0.2) is 4.98 Å². The molecular formula is C10H15N3. The minimum absolute atomic E-state index is 0.604. The van der Waals surface area contributed by atoms with Crippen LogP contribution in [0.2, 0.25) is 0 Å². The molecule has 1 spiro atoms. The van der Waals surface area contributed by atoms with Gasteiger partial charge in [-0.2, -0.15) is 0 Å². The number of aromatic amines is 1. The molecule has 13 heavy (non-hydrogen) atoms. The number of nitrogens with zero attached hydrogens (tertiary/aromatic N) is 2. The van der Waals surface area contributed by atoms with Crippen molar-refractivity contribution >= 4 is 0 Å². The van der Waals surface area contributed by atoms with E-state index in [9.17, 15) is 0 Å². The smallest absolute Gasteiger partial charge is 0.120 e. The van der Waals surface area contributed by atoms with Crippen LogP contribution in [-0.2, 0) is 6.54 Å². The largest absolute Gasteiger partial charge is 0.348 e. The molecular weight excluding hydrogens is 162 g/mol. The molecule has 1 aliphatic carbocycles. The fourth-order valence-electron chi connectivity index (χ4n) is 2.55. The maximum absolute atomic E-state index is 4.26. The van der Waals surface area contributed by atoms with Crippen LogP contribution in [0.15, 0.2) is 12.4 Å². The Hall–Kier alpha value is -0.830. The number of hydrogen-bond donors (Lipinski definition) is 1. The van der Waals surface area contributed by atoms with Crippen LogP contribution in [0.3, 0.4) is 0 Å². The Morgan fingerprint density at radius 1 is 1.46 bits per heavy atom. The lowest BCUT2D eigenvalue weighted by Crippen LogP contribution is -2.63. The number of nitrogens with one attached hydrogen (secondary N) is 1. The highest BCUT2D eigenvalue weighted by atomic mass is 15.3. The summed E-state index contributed by atoms with van der Waals surface area (Å²) in [5, 5.41) is 0. The van der Waals surface area contributed by atoms with Gasteiger partial charge in [-0.15, -0.1) is 0 Å². The zero-order valence-corrected chi connectivity index (χ0v) is 7.79. The molecule has 3 heteroatoms. The summed E-state index contributed by atoms with van der Waals surface area (Å²) in [6.45, 7) is 2.29. The third-order valence-corrected chi connectivity index (χ3v) is 3.70. The summed E-state index contributed by atoms with van der Waals surface area (Å²) >= 11 is 0. The molecule has 0 bridgehead atoms. The Bertz CT molecular complexity index is 282. The lowest BCUT2D eigenvalue weighted by atomic mass is 9.68. The fourth-order valence-corrected chi connectivity index (χ4v) is 2.55. The highest BCUT2D eigenvalue weighted by Crippen LogP contribution is 2.47. The fraction of sp³-hybridized carbons (Fsp3) is 0.700. The molecule has 2 aliphatic rings. The molecule has 0 atom stereocenters. The van der Waals surface area contributed by atoms with Gasteiger partial charge in [0.2, 0.25) is 0 Å². The summed E-state index contributed by atoms with van der Waals surface area (Å²) in [6.07, 6.45) is 9.40. The van der Waals surface area contributed by atoms with Gasteiger partial charge in [0.05, 0.1) is 6.54 Å². The van der Waals surface area contributed by atoms with Crippen LogP contribution in [0.5, 0.6) is 0 Å². The molecule has 1 aliphatic heterocycles. The Kier molecular flexibility index (Phi) is 1.50. The molecule has 0 radical (unpaired) electrons. The molecule has 2 fully saturated rings. The second-order valence-electron chi connectivity index (χ2n) is 4.29. The molecule has 1 aromatic rings. The van der Waals surface area contributed by atoms with Crippen LogP contribution in [0, 0.1) is 0 Å². The number of rotatable bonds is 2. The minimum atomic E-state index is 0.604. The van der Waals surface area contributed by atoms with Gasteiger partial charge in [0.1, 0.15) is 5.82 Å². The maximum Gasteiger partial charge on any atom is 0.120 e. The molecule has 3 nitrogen and oxygen atoms in total. The number of hydrogen-bond acceptors (Lipinski definition) is 2. The third-order valence-electron chi connectivity index (χ3n) is 3.70. The van der Waals surface area contributed by atoms with Crippen molar-refractivity contribution in [2.75, 3.05) is 6.54 Å². The second-order valence-corrected chi connectivity index (χ2v) is 4.29.